The largest absolute Gasteiger partial charge is 0.418 e. The molecule has 0 spiro atoms. The summed E-state index contributed by atoms with van der Waals surface area (Å²) in [4.78, 5) is 24.5. The Balaban J connectivity index is 2.24. The van der Waals surface area contributed by atoms with E-state index in [9.17, 15) is 31.5 Å². The van der Waals surface area contributed by atoms with E-state index in [1.165, 1.54) is 6.07 Å². The van der Waals surface area contributed by atoms with Crippen LogP contribution in [0.5, 0.6) is 0 Å². The van der Waals surface area contributed by atoms with Crippen molar-refractivity contribution in [1.29, 1.82) is 0 Å². The number of carbonyl (C=O) groups excluding carboxylic acids is 2. The zero-order chi connectivity index (χ0) is 19.5. The van der Waals surface area contributed by atoms with Crippen LogP contribution in [0.25, 0.3) is 0 Å². The molecular weight excluding hydrogens is 359 g/mol. The molecule has 0 heterocycles. The van der Waals surface area contributed by atoms with E-state index in [0.717, 1.165) is 37.3 Å². The Kier molecular flexibility index (Phi) is 5.59. The van der Waals surface area contributed by atoms with Gasteiger partial charge in [0.05, 0.1) is 16.9 Å². The third kappa shape index (κ3) is 4.56. The fourth-order valence-corrected chi connectivity index (χ4v) is 2.24. The van der Waals surface area contributed by atoms with Crippen molar-refractivity contribution in [3.05, 3.63) is 59.7 Å². The molecule has 0 unspecified atom stereocenters. The minimum Gasteiger partial charge on any atom is -0.324 e. The van der Waals surface area contributed by atoms with Crippen LogP contribution in [0.2, 0.25) is 0 Å². The number of para-hydroxylation sites is 1. The number of hydrogen-bond donors (Lipinski definition) is 1. The number of alkyl halides is 3. The predicted molar refractivity (Wildman–Crippen MR) is 84.5 cm³/mol. The Morgan fingerprint density at radius 1 is 1.08 bits per heavy atom. The first kappa shape index (κ1) is 19.4. The quantitative estimate of drug-likeness (QED) is 0.826. The van der Waals surface area contributed by atoms with Gasteiger partial charge in [0.15, 0.2) is 0 Å². The lowest BCUT2D eigenvalue weighted by Crippen LogP contribution is -2.37. The molecule has 1 N–H and O–H groups in total. The van der Waals surface area contributed by atoms with Crippen LogP contribution in [0, 0.1) is 11.6 Å². The normalized spacial score (nSPS) is 11.2. The van der Waals surface area contributed by atoms with E-state index in [4.69, 9.17) is 0 Å². The topological polar surface area (TPSA) is 49.4 Å². The third-order valence-electron chi connectivity index (χ3n) is 3.39. The van der Waals surface area contributed by atoms with Gasteiger partial charge in [-0.2, -0.15) is 13.2 Å². The average molecular weight is 372 g/mol. The van der Waals surface area contributed by atoms with Gasteiger partial charge in [-0.15, -0.1) is 0 Å². The van der Waals surface area contributed by atoms with Gasteiger partial charge in [-0.05, 0) is 24.3 Å². The van der Waals surface area contributed by atoms with Crippen molar-refractivity contribution < 1.29 is 31.5 Å². The molecule has 0 radical (unpaired) electrons. The number of benzene rings is 2. The highest BCUT2D eigenvalue weighted by Gasteiger charge is 2.33. The highest BCUT2D eigenvalue weighted by molar-refractivity contribution is 6.02. The zero-order valence-corrected chi connectivity index (χ0v) is 13.4. The summed E-state index contributed by atoms with van der Waals surface area (Å²) in [5.74, 6) is -3.67. The molecule has 0 aliphatic carbocycles. The molecular formula is C17H13F5N2O2. The molecule has 2 aromatic carbocycles. The number of rotatable bonds is 4. The van der Waals surface area contributed by atoms with Crippen molar-refractivity contribution in [3.8, 4) is 0 Å². The lowest BCUT2D eigenvalue weighted by Gasteiger charge is -2.22. The molecule has 26 heavy (non-hydrogen) atoms. The number of nitrogens with one attached hydrogen (secondary N) is 1. The SMILES string of the molecule is CC(=O)N(CC(=O)Nc1ccccc1C(F)(F)F)c1ccc(F)cc1F. The van der Waals surface area contributed by atoms with E-state index in [-0.39, 0.29) is 5.69 Å². The minimum absolute atomic E-state index is 0.363. The Labute approximate surface area is 145 Å². The molecule has 9 heteroatoms. The Morgan fingerprint density at radius 2 is 1.73 bits per heavy atom. The van der Waals surface area contributed by atoms with Crippen molar-refractivity contribution in [2.24, 2.45) is 0 Å². The first-order valence-corrected chi connectivity index (χ1v) is 7.29. The van der Waals surface area contributed by atoms with Crippen molar-refractivity contribution in [2.45, 2.75) is 13.1 Å². The van der Waals surface area contributed by atoms with E-state index in [0.29, 0.717) is 11.0 Å². The lowest BCUT2D eigenvalue weighted by molar-refractivity contribution is -0.137. The van der Waals surface area contributed by atoms with Crippen molar-refractivity contribution >= 4 is 23.2 Å². The number of amides is 2. The van der Waals surface area contributed by atoms with Gasteiger partial charge in [-0.3, -0.25) is 9.59 Å². The second-order valence-corrected chi connectivity index (χ2v) is 5.29. The van der Waals surface area contributed by atoms with Crippen LogP contribution in [0.4, 0.5) is 33.3 Å². The number of anilines is 2. The van der Waals surface area contributed by atoms with Crippen LogP contribution in [0.1, 0.15) is 12.5 Å². The molecule has 0 saturated heterocycles. The summed E-state index contributed by atoms with van der Waals surface area (Å²) in [6.07, 6.45) is -4.69. The summed E-state index contributed by atoms with van der Waals surface area (Å²) in [5.41, 5.74) is -1.91. The molecule has 2 aromatic rings. The Morgan fingerprint density at radius 3 is 2.31 bits per heavy atom. The maximum Gasteiger partial charge on any atom is 0.418 e. The smallest absolute Gasteiger partial charge is 0.324 e. The van der Waals surface area contributed by atoms with Gasteiger partial charge in [-0.25, -0.2) is 8.78 Å². The van der Waals surface area contributed by atoms with Crippen LogP contribution in [-0.2, 0) is 15.8 Å². The summed E-state index contributed by atoms with van der Waals surface area (Å²) < 4.78 is 65.7. The van der Waals surface area contributed by atoms with Crippen LogP contribution in [0.15, 0.2) is 42.5 Å². The summed E-state index contributed by atoms with van der Waals surface area (Å²) in [5, 5.41) is 2.05. The number of hydrogen-bond acceptors (Lipinski definition) is 2. The number of halogens is 5. The summed E-state index contributed by atoms with van der Waals surface area (Å²) in [6, 6.07) is 6.69. The Hall–Kier alpha value is -2.97. The van der Waals surface area contributed by atoms with Gasteiger partial charge in [0.1, 0.15) is 18.2 Å². The van der Waals surface area contributed by atoms with Crippen molar-refractivity contribution in [3.63, 3.8) is 0 Å². The highest BCUT2D eigenvalue weighted by Crippen LogP contribution is 2.34. The van der Waals surface area contributed by atoms with E-state index in [1.54, 1.807) is 0 Å². The Bertz CT molecular complexity index is 836. The zero-order valence-electron chi connectivity index (χ0n) is 13.4. The molecule has 0 saturated carbocycles. The first-order chi connectivity index (χ1) is 12.1. The van der Waals surface area contributed by atoms with Crippen LogP contribution >= 0.6 is 0 Å². The van der Waals surface area contributed by atoms with Crippen LogP contribution in [-0.4, -0.2) is 18.4 Å². The molecule has 0 aromatic heterocycles. The minimum atomic E-state index is -4.69. The van der Waals surface area contributed by atoms with Gasteiger partial charge in [0, 0.05) is 13.0 Å². The van der Waals surface area contributed by atoms with Gasteiger partial charge in [0.25, 0.3) is 0 Å². The van der Waals surface area contributed by atoms with E-state index < -0.39 is 47.4 Å². The maximum atomic E-state index is 13.8. The monoisotopic (exact) mass is 372 g/mol. The molecule has 0 atom stereocenters. The fourth-order valence-electron chi connectivity index (χ4n) is 2.24. The fraction of sp³-hybridized carbons (Fsp3) is 0.176. The molecule has 0 aliphatic heterocycles. The molecule has 0 bridgehead atoms. The summed E-state index contributed by atoms with van der Waals surface area (Å²) >= 11 is 0. The molecule has 2 rings (SSSR count). The molecule has 0 fully saturated rings. The lowest BCUT2D eigenvalue weighted by atomic mass is 10.1. The van der Waals surface area contributed by atoms with Gasteiger partial charge in [-0.1, -0.05) is 12.1 Å². The van der Waals surface area contributed by atoms with E-state index >= 15 is 0 Å². The number of carbonyl (C=O) groups is 2. The van der Waals surface area contributed by atoms with Gasteiger partial charge >= 0.3 is 6.18 Å². The second-order valence-electron chi connectivity index (χ2n) is 5.29. The molecule has 138 valence electrons. The predicted octanol–water partition coefficient (Wildman–Crippen LogP) is 3.98. The second kappa shape index (κ2) is 7.51. The van der Waals surface area contributed by atoms with Crippen molar-refractivity contribution in [2.75, 3.05) is 16.8 Å². The summed E-state index contributed by atoms with van der Waals surface area (Å²) in [7, 11) is 0. The molecule has 0 aliphatic rings. The van der Waals surface area contributed by atoms with Crippen LogP contribution in [0.3, 0.4) is 0 Å². The van der Waals surface area contributed by atoms with E-state index in [2.05, 4.69) is 5.32 Å². The first-order valence-electron chi connectivity index (χ1n) is 7.29. The van der Waals surface area contributed by atoms with E-state index in [1.807, 2.05) is 0 Å². The standard InChI is InChI=1S/C17H13F5N2O2/c1-10(25)24(15-7-6-11(18)8-13(15)19)9-16(26)23-14-5-3-2-4-12(14)17(20,21)22/h2-8H,9H2,1H3,(H,23,26). The maximum absolute atomic E-state index is 13.8. The van der Waals surface area contributed by atoms with Gasteiger partial charge in [0.2, 0.25) is 11.8 Å². The molecule has 4 nitrogen and oxygen atoms in total. The highest BCUT2D eigenvalue weighted by atomic mass is 19.4. The summed E-state index contributed by atoms with van der Waals surface area (Å²) in [6.45, 7) is 0.295. The van der Waals surface area contributed by atoms with Gasteiger partial charge < -0.3 is 10.2 Å². The molecule has 2 amide bonds. The van der Waals surface area contributed by atoms with Crippen LogP contribution < -0.4 is 10.2 Å². The number of nitrogens with zero attached hydrogens (tertiary/aromatic N) is 1. The van der Waals surface area contributed by atoms with Crippen molar-refractivity contribution in [1.82, 2.24) is 0 Å². The average Bonchev–Trinajstić information content (AvgIpc) is 2.52. The third-order valence-corrected chi connectivity index (χ3v) is 3.39.